The van der Waals surface area contributed by atoms with E-state index in [1.54, 1.807) is 0 Å². The third-order valence-electron chi connectivity index (χ3n) is 8.23. The minimum atomic E-state index is -1.35. The SMILES string of the molecule is C[Si](C)(C)c1ccc(-c2cccc3ccc(-c4c5ccccc5c(-c5ccccc5)c5ccccc45)cc23)cc1. The fraction of sp³-hybridized carbons (Fsp3) is 0.0769. The standard InChI is InChI=1S/C39H32Si/c1-40(2,3)31-24-22-28(23-25-31)32-19-11-14-27-20-21-30(26-37(27)32)39-35-17-9-7-15-33(35)38(29-12-5-4-6-13-29)34-16-8-10-18-36(34)39/h4-26H,1-3H3. The maximum absolute atomic E-state index is 2.41. The smallest absolute Gasteiger partial charge is 0.0656 e. The largest absolute Gasteiger partial charge is 0.0775 e. The Balaban J connectivity index is 1.50. The van der Waals surface area contributed by atoms with Gasteiger partial charge in [-0.25, -0.2) is 0 Å². The summed E-state index contributed by atoms with van der Waals surface area (Å²) in [6.45, 7) is 7.22. The molecule has 40 heavy (non-hydrogen) atoms. The predicted molar refractivity (Wildman–Crippen MR) is 178 cm³/mol. The summed E-state index contributed by atoms with van der Waals surface area (Å²) >= 11 is 0. The number of benzene rings is 7. The molecule has 0 amide bonds. The van der Waals surface area contributed by atoms with Gasteiger partial charge < -0.3 is 0 Å². The van der Waals surface area contributed by atoms with Crippen LogP contribution in [0.2, 0.25) is 19.6 Å². The van der Waals surface area contributed by atoms with E-state index >= 15 is 0 Å². The van der Waals surface area contributed by atoms with Gasteiger partial charge in [0, 0.05) is 0 Å². The van der Waals surface area contributed by atoms with Gasteiger partial charge in [0.2, 0.25) is 0 Å². The maximum Gasteiger partial charge on any atom is 0.0775 e. The molecular formula is C39H32Si. The minimum Gasteiger partial charge on any atom is -0.0656 e. The lowest BCUT2D eigenvalue weighted by Gasteiger charge is -2.19. The summed E-state index contributed by atoms with van der Waals surface area (Å²) in [6.07, 6.45) is 0. The van der Waals surface area contributed by atoms with Crippen molar-refractivity contribution in [3.8, 4) is 33.4 Å². The number of hydrogen-bond acceptors (Lipinski definition) is 0. The van der Waals surface area contributed by atoms with E-state index in [0.717, 1.165) is 0 Å². The summed E-state index contributed by atoms with van der Waals surface area (Å²) in [5.74, 6) is 0. The van der Waals surface area contributed by atoms with Crippen molar-refractivity contribution in [2.24, 2.45) is 0 Å². The summed E-state index contributed by atoms with van der Waals surface area (Å²) in [7, 11) is -1.35. The molecule has 0 bridgehead atoms. The number of hydrogen-bond donors (Lipinski definition) is 0. The zero-order valence-electron chi connectivity index (χ0n) is 23.3. The molecule has 7 aromatic rings. The van der Waals surface area contributed by atoms with Crippen LogP contribution in [0, 0.1) is 0 Å². The first-order chi connectivity index (χ1) is 19.5. The highest BCUT2D eigenvalue weighted by atomic mass is 28.3. The first-order valence-electron chi connectivity index (χ1n) is 14.1. The Bertz CT molecular complexity index is 1950. The summed E-state index contributed by atoms with van der Waals surface area (Å²) in [4.78, 5) is 0. The molecule has 0 nitrogen and oxygen atoms in total. The van der Waals surface area contributed by atoms with Crippen LogP contribution in [0.5, 0.6) is 0 Å². The molecule has 7 rings (SSSR count). The second-order valence-corrected chi connectivity index (χ2v) is 16.9. The molecule has 192 valence electrons. The lowest BCUT2D eigenvalue weighted by atomic mass is 9.85. The summed E-state index contributed by atoms with van der Waals surface area (Å²) < 4.78 is 0. The van der Waals surface area contributed by atoms with Crippen LogP contribution in [0.3, 0.4) is 0 Å². The van der Waals surface area contributed by atoms with Gasteiger partial charge in [0.05, 0.1) is 8.07 Å². The lowest BCUT2D eigenvalue weighted by molar-refractivity contribution is 1.64. The van der Waals surface area contributed by atoms with Crippen LogP contribution in [0.15, 0.2) is 140 Å². The first-order valence-corrected chi connectivity index (χ1v) is 17.6. The van der Waals surface area contributed by atoms with Gasteiger partial charge in [-0.2, -0.15) is 0 Å². The molecular weight excluding hydrogens is 497 g/mol. The van der Waals surface area contributed by atoms with Crippen LogP contribution >= 0.6 is 0 Å². The minimum absolute atomic E-state index is 1.25. The molecule has 7 aromatic carbocycles. The molecule has 0 aliphatic carbocycles. The molecule has 0 atom stereocenters. The topological polar surface area (TPSA) is 0 Å². The average Bonchev–Trinajstić information content (AvgIpc) is 2.99. The van der Waals surface area contributed by atoms with Crippen LogP contribution in [0.25, 0.3) is 65.7 Å². The van der Waals surface area contributed by atoms with Crippen LogP contribution in [-0.4, -0.2) is 8.07 Å². The highest BCUT2D eigenvalue weighted by Crippen LogP contribution is 2.44. The van der Waals surface area contributed by atoms with Crippen molar-refractivity contribution in [3.63, 3.8) is 0 Å². The molecule has 0 fully saturated rings. The molecule has 1 heteroatoms. The zero-order valence-corrected chi connectivity index (χ0v) is 24.3. The van der Waals surface area contributed by atoms with E-state index in [9.17, 15) is 0 Å². The molecule has 0 aromatic heterocycles. The van der Waals surface area contributed by atoms with Gasteiger partial charge >= 0.3 is 0 Å². The van der Waals surface area contributed by atoms with Gasteiger partial charge in [-0.1, -0.05) is 158 Å². The summed E-state index contributed by atoms with van der Waals surface area (Å²) in [6, 6.07) is 51.6. The molecule has 0 heterocycles. The molecule has 0 aliphatic heterocycles. The van der Waals surface area contributed by atoms with Crippen LogP contribution in [0.1, 0.15) is 0 Å². The normalized spacial score (nSPS) is 11.9. The monoisotopic (exact) mass is 528 g/mol. The van der Waals surface area contributed by atoms with Gasteiger partial charge in [-0.3, -0.25) is 0 Å². The number of fused-ring (bicyclic) bond motifs is 3. The zero-order chi connectivity index (χ0) is 27.3. The Morgan fingerprint density at radius 1 is 0.375 bits per heavy atom. The summed E-state index contributed by atoms with van der Waals surface area (Å²) in [5.41, 5.74) is 7.68. The van der Waals surface area contributed by atoms with E-state index in [1.165, 1.54) is 70.9 Å². The van der Waals surface area contributed by atoms with E-state index in [2.05, 4.69) is 159 Å². The third kappa shape index (κ3) is 4.15. The van der Waals surface area contributed by atoms with Crippen molar-refractivity contribution >= 4 is 45.6 Å². The average molecular weight is 529 g/mol. The fourth-order valence-electron chi connectivity index (χ4n) is 6.18. The van der Waals surface area contributed by atoms with Gasteiger partial charge in [-0.15, -0.1) is 0 Å². The van der Waals surface area contributed by atoms with Crippen molar-refractivity contribution in [2.45, 2.75) is 19.6 Å². The van der Waals surface area contributed by atoms with Crippen LogP contribution < -0.4 is 5.19 Å². The highest BCUT2D eigenvalue weighted by Gasteiger charge is 2.18. The van der Waals surface area contributed by atoms with E-state index in [-0.39, 0.29) is 0 Å². The van der Waals surface area contributed by atoms with Gasteiger partial charge in [0.15, 0.2) is 0 Å². The van der Waals surface area contributed by atoms with Gasteiger partial charge in [-0.05, 0) is 71.8 Å². The van der Waals surface area contributed by atoms with E-state index < -0.39 is 8.07 Å². The predicted octanol–water partition coefficient (Wildman–Crippen LogP) is 10.7. The Morgan fingerprint density at radius 2 is 0.900 bits per heavy atom. The third-order valence-corrected chi connectivity index (χ3v) is 10.3. The highest BCUT2D eigenvalue weighted by molar-refractivity contribution is 6.88. The Morgan fingerprint density at radius 3 is 1.48 bits per heavy atom. The molecule has 0 aliphatic rings. The van der Waals surface area contributed by atoms with Crippen molar-refractivity contribution in [2.75, 3.05) is 0 Å². The second-order valence-electron chi connectivity index (χ2n) is 11.8. The molecule has 0 N–H and O–H groups in total. The van der Waals surface area contributed by atoms with Crippen LogP contribution in [0.4, 0.5) is 0 Å². The number of rotatable bonds is 4. The van der Waals surface area contributed by atoms with Crippen molar-refractivity contribution < 1.29 is 0 Å². The molecule has 0 unspecified atom stereocenters. The van der Waals surface area contributed by atoms with E-state index in [4.69, 9.17) is 0 Å². The lowest BCUT2D eigenvalue weighted by Crippen LogP contribution is -2.37. The molecule has 0 saturated heterocycles. The maximum atomic E-state index is 2.41. The van der Waals surface area contributed by atoms with Crippen LogP contribution in [-0.2, 0) is 0 Å². The first kappa shape index (κ1) is 24.6. The van der Waals surface area contributed by atoms with Crippen molar-refractivity contribution in [3.05, 3.63) is 140 Å². The van der Waals surface area contributed by atoms with Gasteiger partial charge in [0.1, 0.15) is 0 Å². The molecule has 0 radical (unpaired) electrons. The Hall–Kier alpha value is -4.46. The fourth-order valence-corrected chi connectivity index (χ4v) is 7.35. The van der Waals surface area contributed by atoms with E-state index in [1.807, 2.05) is 0 Å². The van der Waals surface area contributed by atoms with Crippen molar-refractivity contribution in [1.82, 2.24) is 0 Å². The Labute approximate surface area is 237 Å². The second kappa shape index (κ2) is 9.62. The Kier molecular flexibility index (Phi) is 5.91. The van der Waals surface area contributed by atoms with Gasteiger partial charge in [0.25, 0.3) is 0 Å². The van der Waals surface area contributed by atoms with Crippen molar-refractivity contribution in [1.29, 1.82) is 0 Å². The summed E-state index contributed by atoms with van der Waals surface area (Å²) in [5, 5.41) is 9.21. The molecule has 0 spiro atoms. The van der Waals surface area contributed by atoms with E-state index in [0.29, 0.717) is 0 Å². The molecule has 0 saturated carbocycles. The quantitative estimate of drug-likeness (QED) is 0.157.